The van der Waals surface area contributed by atoms with Gasteiger partial charge in [0.2, 0.25) is 0 Å². The van der Waals surface area contributed by atoms with E-state index in [1.54, 1.807) is 16.6 Å². The van der Waals surface area contributed by atoms with Gasteiger partial charge in [-0.05, 0) is 45.4 Å². The van der Waals surface area contributed by atoms with Crippen LogP contribution < -0.4 is 16.1 Å². The van der Waals surface area contributed by atoms with E-state index < -0.39 is 0 Å². The molecule has 1 amide bonds. The minimum Gasteiger partial charge on any atom is -0.385 e. The molecule has 27 heavy (non-hydrogen) atoms. The molecule has 0 saturated carbocycles. The molecule has 0 fully saturated rings. The Hall–Kier alpha value is -2.80. The normalized spacial score (nSPS) is 11.0. The van der Waals surface area contributed by atoms with Crippen LogP contribution in [0.25, 0.3) is 5.65 Å². The molecule has 2 aromatic heterocycles. The lowest BCUT2D eigenvalue weighted by Crippen LogP contribution is -2.28. The summed E-state index contributed by atoms with van der Waals surface area (Å²) < 4.78 is 1.74. The van der Waals surface area contributed by atoms with E-state index in [0.29, 0.717) is 27.6 Å². The van der Waals surface area contributed by atoms with Gasteiger partial charge in [0.15, 0.2) is 11.1 Å². The van der Waals surface area contributed by atoms with E-state index in [0.717, 1.165) is 23.5 Å². The molecule has 3 aromatic rings. The molecule has 0 bridgehead atoms. The van der Waals surface area contributed by atoms with Crippen molar-refractivity contribution in [2.24, 2.45) is 0 Å². The quantitative estimate of drug-likeness (QED) is 0.627. The summed E-state index contributed by atoms with van der Waals surface area (Å²) >= 11 is 6.15. The largest absolute Gasteiger partial charge is 0.385 e. The van der Waals surface area contributed by atoms with Crippen LogP contribution >= 0.6 is 11.6 Å². The number of rotatable bonds is 5. The van der Waals surface area contributed by atoms with Gasteiger partial charge in [-0.3, -0.25) is 14.7 Å². The molecule has 3 N–H and O–H groups in total. The number of benzene rings is 1. The van der Waals surface area contributed by atoms with E-state index in [1.807, 2.05) is 27.7 Å². The van der Waals surface area contributed by atoms with Gasteiger partial charge in [0.1, 0.15) is 5.82 Å². The molecular formula is C19H22ClN5O2. The minimum absolute atomic E-state index is 0.118. The van der Waals surface area contributed by atoms with Gasteiger partial charge in [-0.1, -0.05) is 11.6 Å². The second kappa shape index (κ2) is 7.44. The molecule has 0 spiro atoms. The number of aromatic amines is 1. The first-order valence-electron chi connectivity index (χ1n) is 8.72. The lowest BCUT2D eigenvalue weighted by atomic mass is 10.1. The number of fused-ring (bicyclic) bond motifs is 1. The Labute approximate surface area is 161 Å². The first-order chi connectivity index (χ1) is 12.8. The number of anilines is 1. The second-order valence-corrected chi connectivity index (χ2v) is 6.85. The average Bonchev–Trinajstić information content (AvgIpc) is 2.98. The summed E-state index contributed by atoms with van der Waals surface area (Å²) in [5, 5.41) is 9.59. The first kappa shape index (κ1) is 19.0. The highest BCUT2D eigenvalue weighted by molar-refractivity contribution is 6.31. The molecule has 0 radical (unpaired) electrons. The van der Waals surface area contributed by atoms with E-state index in [9.17, 15) is 9.59 Å². The number of carbonyl (C=O) groups excluding carboxylic acids is 1. The lowest BCUT2D eigenvalue weighted by molar-refractivity contribution is 0.0950. The number of halogens is 1. The van der Waals surface area contributed by atoms with E-state index in [4.69, 9.17) is 11.6 Å². The summed E-state index contributed by atoms with van der Waals surface area (Å²) in [6, 6.07) is 4.89. The van der Waals surface area contributed by atoms with Crippen molar-refractivity contribution >= 4 is 28.8 Å². The molecule has 0 aliphatic heterocycles. The highest BCUT2D eigenvalue weighted by Gasteiger charge is 2.16. The number of hydrogen-bond donors (Lipinski definition) is 3. The number of aromatic nitrogens is 3. The smallest absolute Gasteiger partial charge is 0.251 e. The number of pyridine rings is 1. The fourth-order valence-electron chi connectivity index (χ4n) is 3.10. The number of carbonyl (C=O) groups is 1. The monoisotopic (exact) mass is 387 g/mol. The van der Waals surface area contributed by atoms with Crippen molar-refractivity contribution in [3.63, 3.8) is 0 Å². The number of nitrogens with zero attached hydrogens (tertiary/aromatic N) is 2. The van der Waals surface area contributed by atoms with Gasteiger partial charge < -0.3 is 10.6 Å². The Morgan fingerprint density at radius 3 is 2.70 bits per heavy atom. The Balaban J connectivity index is 1.88. The van der Waals surface area contributed by atoms with Crippen LogP contribution in [0.5, 0.6) is 0 Å². The predicted molar refractivity (Wildman–Crippen MR) is 107 cm³/mol. The van der Waals surface area contributed by atoms with Crippen molar-refractivity contribution in [3.05, 3.63) is 61.7 Å². The van der Waals surface area contributed by atoms with Crippen molar-refractivity contribution in [2.75, 3.05) is 11.9 Å². The number of hydrogen-bond acceptors (Lipinski definition) is 4. The molecule has 7 nitrogen and oxygen atoms in total. The van der Waals surface area contributed by atoms with Crippen molar-refractivity contribution in [1.29, 1.82) is 0 Å². The molecule has 0 unspecified atom stereocenters. The van der Waals surface area contributed by atoms with Crippen LogP contribution in [0.2, 0.25) is 5.02 Å². The number of aryl methyl sites for hydroxylation is 2. The third-order valence-electron chi connectivity index (χ3n) is 4.52. The zero-order valence-corrected chi connectivity index (χ0v) is 16.5. The summed E-state index contributed by atoms with van der Waals surface area (Å²) in [4.78, 5) is 29.4. The minimum atomic E-state index is -0.279. The summed E-state index contributed by atoms with van der Waals surface area (Å²) in [6.07, 6.45) is 0. The number of amides is 1. The molecule has 0 aliphatic carbocycles. The van der Waals surface area contributed by atoms with Gasteiger partial charge in [0, 0.05) is 46.7 Å². The van der Waals surface area contributed by atoms with Gasteiger partial charge in [-0.2, -0.15) is 0 Å². The molecule has 2 heterocycles. The Morgan fingerprint density at radius 1 is 1.26 bits per heavy atom. The average molecular weight is 388 g/mol. The third kappa shape index (κ3) is 3.68. The fraction of sp³-hybridized carbons (Fsp3) is 0.316. The Kier molecular flexibility index (Phi) is 5.23. The molecule has 8 heteroatoms. The summed E-state index contributed by atoms with van der Waals surface area (Å²) in [5.41, 5.74) is 3.74. The zero-order valence-electron chi connectivity index (χ0n) is 15.7. The maximum atomic E-state index is 12.7. The van der Waals surface area contributed by atoms with Crippen molar-refractivity contribution in [1.82, 2.24) is 19.9 Å². The van der Waals surface area contributed by atoms with E-state index in [1.165, 1.54) is 6.07 Å². The van der Waals surface area contributed by atoms with Crippen molar-refractivity contribution < 1.29 is 4.79 Å². The predicted octanol–water partition coefficient (Wildman–Crippen LogP) is 2.96. The van der Waals surface area contributed by atoms with Crippen LogP contribution in [-0.2, 0) is 6.54 Å². The van der Waals surface area contributed by atoms with Crippen LogP contribution in [0.4, 0.5) is 5.69 Å². The van der Waals surface area contributed by atoms with E-state index in [-0.39, 0.29) is 17.9 Å². The summed E-state index contributed by atoms with van der Waals surface area (Å²) in [5.74, 6) is 0.433. The van der Waals surface area contributed by atoms with Crippen LogP contribution in [0.1, 0.15) is 39.9 Å². The van der Waals surface area contributed by atoms with Crippen LogP contribution in [0, 0.1) is 20.8 Å². The number of nitrogens with one attached hydrogen (secondary N) is 3. The molecule has 0 atom stereocenters. The van der Waals surface area contributed by atoms with E-state index >= 15 is 0 Å². The van der Waals surface area contributed by atoms with Crippen molar-refractivity contribution in [3.8, 4) is 0 Å². The maximum Gasteiger partial charge on any atom is 0.251 e. The van der Waals surface area contributed by atoms with Crippen LogP contribution in [0.15, 0.2) is 23.0 Å². The first-order valence-corrected chi connectivity index (χ1v) is 9.09. The van der Waals surface area contributed by atoms with Gasteiger partial charge in [0.05, 0.1) is 0 Å². The van der Waals surface area contributed by atoms with Crippen LogP contribution in [-0.4, -0.2) is 27.0 Å². The summed E-state index contributed by atoms with van der Waals surface area (Å²) in [7, 11) is 0. The molecule has 0 saturated heterocycles. The zero-order chi connectivity index (χ0) is 19.7. The maximum absolute atomic E-state index is 12.7. The third-order valence-corrected chi connectivity index (χ3v) is 4.74. The SMILES string of the molecule is CCNc1cc(Cl)cc(C(=O)NCc2c(C)n3[nH]c(C)nc3cc2=O)c1C. The Morgan fingerprint density at radius 2 is 2.00 bits per heavy atom. The molecular weight excluding hydrogens is 366 g/mol. The fourth-order valence-corrected chi connectivity index (χ4v) is 3.32. The van der Waals surface area contributed by atoms with Crippen LogP contribution in [0.3, 0.4) is 0 Å². The lowest BCUT2D eigenvalue weighted by Gasteiger charge is -2.14. The Bertz CT molecular complexity index is 1080. The molecule has 3 rings (SSSR count). The van der Waals surface area contributed by atoms with Gasteiger partial charge >= 0.3 is 0 Å². The second-order valence-electron chi connectivity index (χ2n) is 6.41. The topological polar surface area (TPSA) is 91.3 Å². The molecule has 142 valence electrons. The van der Waals surface area contributed by atoms with Gasteiger partial charge in [-0.15, -0.1) is 0 Å². The molecule has 1 aromatic carbocycles. The van der Waals surface area contributed by atoms with E-state index in [2.05, 4.69) is 20.7 Å². The van der Waals surface area contributed by atoms with Gasteiger partial charge in [0.25, 0.3) is 5.91 Å². The summed E-state index contributed by atoms with van der Waals surface area (Å²) in [6.45, 7) is 8.32. The molecule has 0 aliphatic rings. The highest BCUT2D eigenvalue weighted by Crippen LogP contribution is 2.25. The standard InChI is InChI=1S/C19H22ClN5O2/c1-5-21-16-7-13(20)6-14(10(16)2)19(27)22-9-15-11(3)25-18(8-17(15)26)23-12(4)24-25/h6-8,21H,5,9H2,1-4H3,(H,22,27)(H,23,24). The van der Waals surface area contributed by atoms with Gasteiger partial charge in [-0.25, -0.2) is 9.50 Å². The number of H-pyrrole nitrogens is 1. The highest BCUT2D eigenvalue weighted by atomic mass is 35.5. The van der Waals surface area contributed by atoms with Crippen molar-refractivity contribution in [2.45, 2.75) is 34.2 Å².